The smallest absolute Gasteiger partial charge is 0.368 e. The van der Waals surface area contributed by atoms with E-state index in [9.17, 15) is 18.7 Å². The highest BCUT2D eigenvalue weighted by atomic mass is 79.9. The van der Waals surface area contributed by atoms with Crippen LogP contribution in [0.25, 0.3) is 10.2 Å². The van der Waals surface area contributed by atoms with Gasteiger partial charge < -0.3 is 20.3 Å². The van der Waals surface area contributed by atoms with Crippen LogP contribution in [0.3, 0.4) is 0 Å². The molecule has 6 nitrogen and oxygen atoms in total. The standard InChI is InChI=1S/C12H15BrFN2O4PS/c1-3-12(4-2,21(17,18)19)20-7-5-6(13)8(14)10-9(7)16-11(15)22-10/h5H,3-4H2,1-2H3,(H2,15,16)(H2,17,18,19). The molecule has 0 atom stereocenters. The molecule has 0 radical (unpaired) electrons. The van der Waals surface area contributed by atoms with Gasteiger partial charge in [0, 0.05) is 0 Å². The number of nitrogens with two attached hydrogens (primary N) is 1. The Kier molecular flexibility index (Phi) is 4.85. The van der Waals surface area contributed by atoms with Gasteiger partial charge in [-0.05, 0) is 34.8 Å². The van der Waals surface area contributed by atoms with Crippen LogP contribution >= 0.6 is 34.9 Å². The van der Waals surface area contributed by atoms with Crippen LogP contribution in [0.4, 0.5) is 9.52 Å². The Morgan fingerprint density at radius 1 is 1.50 bits per heavy atom. The highest BCUT2D eigenvalue weighted by molar-refractivity contribution is 9.10. The number of aromatic nitrogens is 1. The highest BCUT2D eigenvalue weighted by Gasteiger charge is 2.47. The van der Waals surface area contributed by atoms with Gasteiger partial charge in [0.15, 0.2) is 10.9 Å². The van der Waals surface area contributed by atoms with Crippen molar-refractivity contribution in [3.05, 3.63) is 16.4 Å². The van der Waals surface area contributed by atoms with Crippen molar-refractivity contribution in [2.24, 2.45) is 0 Å². The molecule has 1 aromatic heterocycles. The van der Waals surface area contributed by atoms with Gasteiger partial charge in [-0.15, -0.1) is 0 Å². The van der Waals surface area contributed by atoms with Crippen LogP contribution in [0.15, 0.2) is 10.5 Å². The maximum Gasteiger partial charge on any atom is 0.368 e. The lowest BCUT2D eigenvalue weighted by Gasteiger charge is -2.33. The second-order valence-electron chi connectivity index (χ2n) is 4.70. The first-order valence-electron chi connectivity index (χ1n) is 6.44. The second kappa shape index (κ2) is 6.05. The van der Waals surface area contributed by atoms with Gasteiger partial charge in [0.2, 0.25) is 5.34 Å². The van der Waals surface area contributed by atoms with Crippen LogP contribution in [0, 0.1) is 5.82 Å². The number of benzene rings is 1. The Morgan fingerprint density at radius 2 is 2.09 bits per heavy atom. The molecule has 0 saturated carbocycles. The van der Waals surface area contributed by atoms with Crippen LogP contribution in [-0.4, -0.2) is 20.1 Å². The third kappa shape index (κ3) is 2.88. The summed E-state index contributed by atoms with van der Waals surface area (Å²) in [5.41, 5.74) is 5.76. The second-order valence-corrected chi connectivity index (χ2v) is 8.49. The molecule has 10 heteroatoms. The molecule has 1 heterocycles. The van der Waals surface area contributed by atoms with E-state index in [2.05, 4.69) is 20.9 Å². The summed E-state index contributed by atoms with van der Waals surface area (Å²) in [5.74, 6) is -0.449. The third-order valence-electron chi connectivity index (χ3n) is 3.48. The molecular formula is C12H15BrFN2O4PS. The lowest BCUT2D eigenvalue weighted by molar-refractivity contribution is 0.110. The number of thiazole rings is 1. The Balaban J connectivity index is 2.65. The van der Waals surface area contributed by atoms with E-state index in [4.69, 9.17) is 10.5 Å². The van der Waals surface area contributed by atoms with Gasteiger partial charge in [0.1, 0.15) is 11.3 Å². The van der Waals surface area contributed by atoms with E-state index in [0.717, 1.165) is 11.3 Å². The van der Waals surface area contributed by atoms with E-state index in [1.165, 1.54) is 6.07 Å². The summed E-state index contributed by atoms with van der Waals surface area (Å²) in [6, 6.07) is 1.31. The maximum atomic E-state index is 14.1. The quantitative estimate of drug-likeness (QED) is 0.643. The van der Waals surface area contributed by atoms with Gasteiger partial charge in [-0.3, -0.25) is 4.57 Å². The van der Waals surface area contributed by atoms with Gasteiger partial charge in [-0.2, -0.15) is 0 Å². The summed E-state index contributed by atoms with van der Waals surface area (Å²) >= 11 is 4.01. The van der Waals surface area contributed by atoms with Gasteiger partial charge >= 0.3 is 7.60 Å². The Hall–Kier alpha value is -0.730. The van der Waals surface area contributed by atoms with Crippen molar-refractivity contribution in [1.29, 1.82) is 0 Å². The van der Waals surface area contributed by atoms with Crippen molar-refractivity contribution in [3.8, 4) is 5.75 Å². The number of ether oxygens (including phenoxy) is 1. The molecule has 4 N–H and O–H groups in total. The molecule has 0 spiro atoms. The normalized spacial score (nSPS) is 12.8. The molecule has 22 heavy (non-hydrogen) atoms. The molecule has 0 aliphatic carbocycles. The summed E-state index contributed by atoms with van der Waals surface area (Å²) in [6.45, 7) is 3.24. The summed E-state index contributed by atoms with van der Waals surface area (Å²) in [6.07, 6.45) is 0.174. The van der Waals surface area contributed by atoms with E-state index in [1.54, 1.807) is 13.8 Å². The van der Waals surface area contributed by atoms with Crippen LogP contribution in [0.1, 0.15) is 26.7 Å². The number of halogens is 2. The largest absolute Gasteiger partial charge is 0.472 e. The van der Waals surface area contributed by atoms with Gasteiger partial charge in [0.25, 0.3) is 0 Å². The lowest BCUT2D eigenvalue weighted by atomic mass is 10.2. The molecule has 0 fully saturated rings. The van der Waals surface area contributed by atoms with Crippen LogP contribution in [0.2, 0.25) is 0 Å². The predicted octanol–water partition coefficient (Wildman–Crippen LogP) is 3.85. The molecule has 1 aromatic carbocycles. The van der Waals surface area contributed by atoms with Crippen LogP contribution < -0.4 is 10.5 Å². The molecule has 0 amide bonds. The van der Waals surface area contributed by atoms with Crippen molar-refractivity contribution >= 4 is 50.2 Å². The fraction of sp³-hybridized carbons (Fsp3) is 0.417. The first-order chi connectivity index (χ1) is 10.1. The zero-order valence-electron chi connectivity index (χ0n) is 11.8. The third-order valence-corrected chi connectivity index (χ3v) is 6.72. The Labute approximate surface area is 138 Å². The monoisotopic (exact) mass is 412 g/mol. The fourth-order valence-corrected chi connectivity index (χ4v) is 4.52. The first kappa shape index (κ1) is 17.6. The topological polar surface area (TPSA) is 106 Å². The van der Waals surface area contributed by atoms with Crippen LogP contribution in [-0.2, 0) is 4.57 Å². The number of nitrogen functional groups attached to an aromatic ring is 1. The number of anilines is 1. The minimum Gasteiger partial charge on any atom is -0.472 e. The van der Waals surface area contributed by atoms with Gasteiger partial charge in [0.05, 0.1) is 9.17 Å². The minimum absolute atomic E-state index is 0.0863. The molecular weight excluding hydrogens is 398 g/mol. The molecule has 0 aliphatic heterocycles. The van der Waals surface area contributed by atoms with Crippen LogP contribution in [0.5, 0.6) is 5.75 Å². The van der Waals surface area contributed by atoms with Crippen molar-refractivity contribution in [2.45, 2.75) is 32.0 Å². The number of nitrogens with zero attached hydrogens (tertiary/aromatic N) is 1. The predicted molar refractivity (Wildman–Crippen MR) is 87.7 cm³/mol. The van der Waals surface area contributed by atoms with E-state index >= 15 is 0 Å². The number of hydrogen-bond donors (Lipinski definition) is 3. The molecule has 0 bridgehead atoms. The summed E-state index contributed by atoms with van der Waals surface area (Å²) in [7, 11) is -4.56. The van der Waals surface area contributed by atoms with Crippen molar-refractivity contribution in [2.75, 3.05) is 5.73 Å². The van der Waals surface area contributed by atoms with Crippen molar-refractivity contribution < 1.29 is 23.5 Å². The molecule has 122 valence electrons. The fourth-order valence-electron chi connectivity index (χ4n) is 2.16. The van der Waals surface area contributed by atoms with E-state index in [-0.39, 0.29) is 38.4 Å². The number of hydrogen-bond acceptors (Lipinski definition) is 5. The SMILES string of the molecule is CCC(CC)(Oc1cc(Br)c(F)c2sc(N)nc12)P(=O)(O)O. The number of rotatable bonds is 5. The molecule has 2 rings (SSSR count). The first-order valence-corrected chi connectivity index (χ1v) is 9.66. The molecule has 0 saturated heterocycles. The maximum absolute atomic E-state index is 14.1. The van der Waals surface area contributed by atoms with E-state index < -0.39 is 18.8 Å². The number of fused-ring (bicyclic) bond motifs is 1. The summed E-state index contributed by atoms with van der Waals surface area (Å²) < 4.78 is 31.9. The van der Waals surface area contributed by atoms with E-state index in [1.807, 2.05) is 0 Å². The van der Waals surface area contributed by atoms with E-state index in [0.29, 0.717) is 0 Å². The summed E-state index contributed by atoms with van der Waals surface area (Å²) in [4.78, 5) is 23.3. The Morgan fingerprint density at radius 3 is 2.59 bits per heavy atom. The highest BCUT2D eigenvalue weighted by Crippen LogP contribution is 2.56. The summed E-state index contributed by atoms with van der Waals surface area (Å²) in [5, 5.41) is -1.54. The minimum atomic E-state index is -4.56. The Bertz CT molecular complexity index is 759. The van der Waals surface area contributed by atoms with Crippen molar-refractivity contribution in [1.82, 2.24) is 4.98 Å². The van der Waals surface area contributed by atoms with Crippen molar-refractivity contribution in [3.63, 3.8) is 0 Å². The zero-order valence-corrected chi connectivity index (χ0v) is 15.1. The lowest BCUT2D eigenvalue weighted by Crippen LogP contribution is -2.34. The zero-order chi connectivity index (χ0) is 16.7. The molecule has 2 aromatic rings. The average molecular weight is 413 g/mol. The molecule has 0 aliphatic rings. The van der Waals surface area contributed by atoms with Gasteiger partial charge in [-0.25, -0.2) is 9.37 Å². The average Bonchev–Trinajstić information content (AvgIpc) is 2.82. The molecule has 0 unspecified atom stereocenters. The van der Waals surface area contributed by atoms with Gasteiger partial charge in [-0.1, -0.05) is 25.2 Å².